The van der Waals surface area contributed by atoms with Crippen LogP contribution in [0.15, 0.2) is 30.6 Å². The zero-order valence-corrected chi connectivity index (χ0v) is 17.5. The van der Waals surface area contributed by atoms with Gasteiger partial charge in [-0.25, -0.2) is 13.9 Å². The number of rotatable bonds is 6. The van der Waals surface area contributed by atoms with Crippen LogP contribution in [0.5, 0.6) is 5.75 Å². The molecule has 5 heterocycles. The third kappa shape index (κ3) is 3.68. The van der Waals surface area contributed by atoms with Crippen LogP contribution >= 0.6 is 0 Å². The lowest BCUT2D eigenvalue weighted by atomic mass is 10.1. The number of fused-ring (bicyclic) bond motifs is 2. The van der Waals surface area contributed by atoms with Crippen molar-refractivity contribution in [2.24, 2.45) is 0 Å². The number of nitrogens with one attached hydrogen (secondary N) is 1. The molecule has 9 nitrogen and oxygen atoms in total. The Kier molecular flexibility index (Phi) is 5.16. The highest BCUT2D eigenvalue weighted by atomic mass is 19.1. The predicted octanol–water partition coefficient (Wildman–Crippen LogP) is 2.19. The Morgan fingerprint density at radius 3 is 2.94 bits per heavy atom. The van der Waals surface area contributed by atoms with E-state index in [-0.39, 0.29) is 5.69 Å². The van der Waals surface area contributed by atoms with Crippen molar-refractivity contribution in [3.63, 3.8) is 0 Å². The first-order valence-corrected chi connectivity index (χ1v) is 10.2. The molecule has 0 amide bonds. The third-order valence-electron chi connectivity index (χ3n) is 5.69. The number of H-pyrrole nitrogens is 1. The molecule has 0 bridgehead atoms. The third-order valence-corrected chi connectivity index (χ3v) is 5.69. The Balaban J connectivity index is 1.44. The molecule has 0 aromatic carbocycles. The van der Waals surface area contributed by atoms with Crippen LogP contribution in [0.2, 0.25) is 0 Å². The minimum Gasteiger partial charge on any atom is -0.497 e. The molecule has 1 N–H and O–H groups in total. The van der Waals surface area contributed by atoms with Crippen molar-refractivity contribution >= 4 is 22.4 Å². The summed E-state index contributed by atoms with van der Waals surface area (Å²) in [6, 6.07) is 5.10. The zero-order valence-electron chi connectivity index (χ0n) is 17.5. The number of aromatic amines is 1. The van der Waals surface area contributed by atoms with Crippen LogP contribution in [-0.2, 0) is 4.74 Å². The van der Waals surface area contributed by atoms with Crippen LogP contribution < -0.4 is 9.64 Å². The van der Waals surface area contributed by atoms with Gasteiger partial charge in [-0.1, -0.05) is 0 Å². The van der Waals surface area contributed by atoms with E-state index in [0.717, 1.165) is 39.4 Å². The van der Waals surface area contributed by atoms with Crippen LogP contribution in [-0.4, -0.2) is 83.2 Å². The number of pyridine rings is 2. The van der Waals surface area contributed by atoms with Gasteiger partial charge >= 0.3 is 0 Å². The fourth-order valence-corrected chi connectivity index (χ4v) is 3.88. The summed E-state index contributed by atoms with van der Waals surface area (Å²) in [6.45, 7) is 5.06. The highest BCUT2D eigenvalue weighted by Crippen LogP contribution is 2.31. The minimum absolute atomic E-state index is 0.224. The first-order chi connectivity index (χ1) is 15.1. The van der Waals surface area contributed by atoms with Crippen LogP contribution in [0.25, 0.3) is 27.8 Å². The fourth-order valence-electron chi connectivity index (χ4n) is 3.88. The van der Waals surface area contributed by atoms with Gasteiger partial charge in [0.05, 0.1) is 37.4 Å². The van der Waals surface area contributed by atoms with Gasteiger partial charge in [0.25, 0.3) is 0 Å². The number of morpholine rings is 1. The first-order valence-electron chi connectivity index (χ1n) is 10.2. The van der Waals surface area contributed by atoms with E-state index in [2.05, 4.69) is 25.2 Å². The molecule has 1 fully saturated rings. The lowest BCUT2D eigenvalue weighted by molar-refractivity contribution is 0.0393. The predicted molar refractivity (Wildman–Crippen MR) is 115 cm³/mol. The summed E-state index contributed by atoms with van der Waals surface area (Å²) in [7, 11) is 3.55. The summed E-state index contributed by atoms with van der Waals surface area (Å²) in [5.41, 5.74) is 2.07. The highest BCUT2D eigenvalue weighted by molar-refractivity contribution is 5.90. The number of methoxy groups -OCH3 is 1. The largest absolute Gasteiger partial charge is 0.497 e. The monoisotopic (exact) mass is 425 g/mol. The Bertz CT molecular complexity index is 1220. The fraction of sp³-hybridized carbons (Fsp3) is 0.381. The summed E-state index contributed by atoms with van der Waals surface area (Å²) in [6.07, 6.45) is 3.38. The van der Waals surface area contributed by atoms with Crippen molar-refractivity contribution in [2.45, 2.75) is 0 Å². The number of halogens is 1. The Morgan fingerprint density at radius 1 is 1.29 bits per heavy atom. The van der Waals surface area contributed by atoms with E-state index >= 15 is 4.39 Å². The number of anilines is 1. The molecule has 4 aromatic rings. The van der Waals surface area contributed by atoms with E-state index in [9.17, 15) is 0 Å². The number of ether oxygens (including phenoxy) is 2. The van der Waals surface area contributed by atoms with Crippen molar-refractivity contribution < 1.29 is 13.9 Å². The molecule has 1 aliphatic heterocycles. The van der Waals surface area contributed by atoms with Gasteiger partial charge in [-0.3, -0.25) is 10.00 Å². The van der Waals surface area contributed by atoms with Crippen LogP contribution in [0.1, 0.15) is 0 Å². The summed E-state index contributed by atoms with van der Waals surface area (Å²) < 4.78 is 27.5. The topological polar surface area (TPSA) is 83.8 Å². The maximum absolute atomic E-state index is 15.2. The van der Waals surface area contributed by atoms with Gasteiger partial charge < -0.3 is 14.4 Å². The smallest absolute Gasteiger partial charge is 0.159 e. The van der Waals surface area contributed by atoms with Gasteiger partial charge in [0, 0.05) is 51.1 Å². The van der Waals surface area contributed by atoms with E-state index in [1.54, 1.807) is 30.1 Å². The summed E-state index contributed by atoms with van der Waals surface area (Å²) >= 11 is 0. The molecule has 0 aliphatic carbocycles. The van der Waals surface area contributed by atoms with Gasteiger partial charge in [-0.05, 0) is 12.1 Å². The summed E-state index contributed by atoms with van der Waals surface area (Å²) in [5, 5.41) is 12.3. The second-order valence-corrected chi connectivity index (χ2v) is 7.59. The normalized spacial score (nSPS) is 15.1. The van der Waals surface area contributed by atoms with Crippen LogP contribution in [0.3, 0.4) is 0 Å². The number of hydrogen-bond acceptors (Lipinski definition) is 7. The number of likely N-dealkylation sites (N-methyl/N-ethyl adjacent to an activating group) is 1. The average Bonchev–Trinajstić information content (AvgIpc) is 3.41. The Hall–Kier alpha value is -3.24. The van der Waals surface area contributed by atoms with E-state index in [1.165, 1.54) is 6.07 Å². The molecule has 0 atom stereocenters. The van der Waals surface area contributed by atoms with Gasteiger partial charge in [0.1, 0.15) is 11.4 Å². The molecule has 0 spiro atoms. The maximum atomic E-state index is 15.2. The molecule has 0 unspecified atom stereocenters. The Morgan fingerprint density at radius 2 is 2.13 bits per heavy atom. The SMILES string of the molecule is COc1ccn2ncc(-c3nc4[nH]nc(N(C)CCN5CCOCC5)c4cc3F)c2c1. The van der Waals surface area contributed by atoms with Gasteiger partial charge in [0.15, 0.2) is 17.3 Å². The quantitative estimate of drug-likeness (QED) is 0.507. The van der Waals surface area contributed by atoms with Crippen LogP contribution in [0, 0.1) is 5.82 Å². The maximum Gasteiger partial charge on any atom is 0.159 e. The standard InChI is InChI=1S/C21H24FN7O2/c1-27(5-6-28-7-9-31-10-8-28)21-15-12-17(22)19(24-20(15)25-26-21)16-13-23-29-4-3-14(30-2)11-18(16)29/h3-4,11-13H,5-10H2,1-2H3,(H,24,25,26). The first kappa shape index (κ1) is 19.7. The van der Waals surface area contributed by atoms with E-state index in [4.69, 9.17) is 9.47 Å². The average molecular weight is 425 g/mol. The molecule has 4 aromatic heterocycles. The highest BCUT2D eigenvalue weighted by Gasteiger charge is 2.19. The second kappa shape index (κ2) is 8.12. The lowest BCUT2D eigenvalue weighted by Crippen LogP contribution is -2.40. The minimum atomic E-state index is -0.422. The molecule has 1 aliphatic rings. The van der Waals surface area contributed by atoms with Gasteiger partial charge in [0.2, 0.25) is 0 Å². The molecule has 162 valence electrons. The molecular weight excluding hydrogens is 401 g/mol. The lowest BCUT2D eigenvalue weighted by Gasteiger charge is -2.28. The Labute approximate surface area is 178 Å². The van der Waals surface area contributed by atoms with Crippen LogP contribution in [0.4, 0.5) is 10.2 Å². The molecule has 10 heteroatoms. The summed E-state index contributed by atoms with van der Waals surface area (Å²) in [4.78, 5) is 8.91. The van der Waals surface area contributed by atoms with E-state index < -0.39 is 5.82 Å². The van der Waals surface area contributed by atoms with Crippen molar-refractivity contribution in [1.82, 2.24) is 29.7 Å². The van der Waals surface area contributed by atoms with E-state index in [1.807, 2.05) is 18.0 Å². The van der Waals surface area contributed by atoms with Gasteiger partial charge in [-0.2, -0.15) is 10.2 Å². The molecule has 31 heavy (non-hydrogen) atoms. The van der Waals surface area contributed by atoms with Crippen molar-refractivity contribution in [3.05, 3.63) is 36.4 Å². The van der Waals surface area contributed by atoms with Gasteiger partial charge in [-0.15, -0.1) is 0 Å². The second-order valence-electron chi connectivity index (χ2n) is 7.59. The number of aromatic nitrogens is 5. The molecule has 0 saturated carbocycles. The molecule has 1 saturated heterocycles. The molecule has 0 radical (unpaired) electrons. The molecule has 5 rings (SSSR count). The molecular formula is C21H24FN7O2. The van der Waals surface area contributed by atoms with Crippen molar-refractivity contribution in [2.75, 3.05) is 58.5 Å². The number of hydrogen-bond donors (Lipinski definition) is 1. The van der Waals surface area contributed by atoms with Crippen molar-refractivity contribution in [1.29, 1.82) is 0 Å². The van der Waals surface area contributed by atoms with E-state index in [0.29, 0.717) is 33.7 Å². The number of nitrogens with zero attached hydrogens (tertiary/aromatic N) is 6. The zero-order chi connectivity index (χ0) is 21.4. The summed E-state index contributed by atoms with van der Waals surface area (Å²) in [5.74, 6) is 0.929. The van der Waals surface area contributed by atoms with Crippen molar-refractivity contribution in [3.8, 4) is 17.0 Å².